The quantitative estimate of drug-likeness (QED) is 0.165. The second kappa shape index (κ2) is 4.51. The molecule has 26 heavy (non-hydrogen) atoms. The highest BCUT2D eigenvalue weighted by atomic mass is 16.4. The maximum Gasteiger partial charge on any atom is 0.205 e. The van der Waals surface area contributed by atoms with Gasteiger partial charge in [0, 0.05) is 5.39 Å². The SMILES string of the molecule is Oc1cc2c(oc3c(O)c4c(O)c(O)c(O)c(O)c4c(O)c32)c(O)c1O. The Labute approximate surface area is 141 Å². The van der Waals surface area contributed by atoms with Crippen LogP contribution in [0.5, 0.6) is 51.7 Å². The zero-order chi connectivity index (χ0) is 19.1. The monoisotopic (exact) mass is 362 g/mol. The summed E-state index contributed by atoms with van der Waals surface area (Å²) < 4.78 is 5.24. The molecule has 0 aliphatic heterocycles. The molecule has 0 bridgehead atoms. The lowest BCUT2D eigenvalue weighted by molar-refractivity contribution is 0.349. The molecule has 0 saturated carbocycles. The highest BCUT2D eigenvalue weighted by Crippen LogP contribution is 2.58. The van der Waals surface area contributed by atoms with E-state index in [1.165, 1.54) is 0 Å². The predicted molar refractivity (Wildman–Crippen MR) is 86.2 cm³/mol. The first-order valence-corrected chi connectivity index (χ1v) is 7.00. The van der Waals surface area contributed by atoms with Gasteiger partial charge >= 0.3 is 0 Å². The summed E-state index contributed by atoms with van der Waals surface area (Å²) >= 11 is 0. The van der Waals surface area contributed by atoms with Crippen LogP contribution in [0.4, 0.5) is 0 Å². The van der Waals surface area contributed by atoms with Gasteiger partial charge in [-0.05, 0) is 6.07 Å². The van der Waals surface area contributed by atoms with Gasteiger partial charge in [-0.25, -0.2) is 0 Å². The molecule has 0 atom stereocenters. The summed E-state index contributed by atoms with van der Waals surface area (Å²) in [5.41, 5.74) is -0.895. The minimum atomic E-state index is -1.14. The second-order valence-corrected chi connectivity index (χ2v) is 5.62. The van der Waals surface area contributed by atoms with Crippen molar-refractivity contribution in [1.82, 2.24) is 0 Å². The number of hydrogen-bond donors (Lipinski definition) is 9. The Balaban J connectivity index is 2.40. The fourth-order valence-corrected chi connectivity index (χ4v) is 2.99. The third-order valence-corrected chi connectivity index (χ3v) is 4.23. The van der Waals surface area contributed by atoms with Gasteiger partial charge in [0.15, 0.2) is 34.2 Å². The Morgan fingerprint density at radius 2 is 1.00 bits per heavy atom. The molecule has 0 aliphatic rings. The van der Waals surface area contributed by atoms with Crippen LogP contribution in [-0.4, -0.2) is 46.0 Å². The van der Waals surface area contributed by atoms with Crippen LogP contribution in [0.2, 0.25) is 0 Å². The lowest BCUT2D eigenvalue weighted by Gasteiger charge is -2.12. The summed E-state index contributed by atoms with van der Waals surface area (Å²) in [5.74, 6) is -8.52. The summed E-state index contributed by atoms with van der Waals surface area (Å²) in [7, 11) is 0. The van der Waals surface area contributed by atoms with E-state index in [1.54, 1.807) is 0 Å². The average Bonchev–Trinajstić information content (AvgIpc) is 2.99. The van der Waals surface area contributed by atoms with Crippen molar-refractivity contribution >= 4 is 32.7 Å². The minimum absolute atomic E-state index is 0.144. The normalized spacial score (nSPS) is 11.7. The van der Waals surface area contributed by atoms with Crippen molar-refractivity contribution in [1.29, 1.82) is 0 Å². The van der Waals surface area contributed by atoms with Crippen molar-refractivity contribution in [2.24, 2.45) is 0 Å². The molecule has 1 aromatic heterocycles. The maximum absolute atomic E-state index is 10.5. The number of benzene rings is 3. The van der Waals surface area contributed by atoms with Gasteiger partial charge < -0.3 is 50.4 Å². The molecule has 10 nitrogen and oxygen atoms in total. The molecule has 0 unspecified atom stereocenters. The largest absolute Gasteiger partial charge is 0.506 e. The van der Waals surface area contributed by atoms with E-state index in [4.69, 9.17) is 4.42 Å². The van der Waals surface area contributed by atoms with Gasteiger partial charge in [0.05, 0.1) is 16.2 Å². The molecular formula is C16H10O10. The number of aromatic hydroxyl groups is 9. The molecule has 134 valence electrons. The van der Waals surface area contributed by atoms with Gasteiger partial charge in [-0.2, -0.15) is 0 Å². The van der Waals surface area contributed by atoms with Gasteiger partial charge in [-0.1, -0.05) is 0 Å². The van der Waals surface area contributed by atoms with Crippen LogP contribution in [0.15, 0.2) is 10.5 Å². The summed E-state index contributed by atoms with van der Waals surface area (Å²) in [5, 5.41) is 87.8. The van der Waals surface area contributed by atoms with E-state index in [0.29, 0.717) is 0 Å². The van der Waals surface area contributed by atoms with Gasteiger partial charge in [-0.3, -0.25) is 0 Å². The standard InChI is InChI=1S/C16H10O10/c17-3-1-2-4-8(19)5-6(10(21)13(24)12(23)9(5)20)11(22)16(4)26-15(2)14(25)7(3)18/h1,17-25H. The van der Waals surface area contributed by atoms with Gasteiger partial charge in [-0.15, -0.1) is 0 Å². The van der Waals surface area contributed by atoms with Crippen molar-refractivity contribution in [2.45, 2.75) is 0 Å². The first-order chi connectivity index (χ1) is 12.2. The Kier molecular flexibility index (Phi) is 2.68. The molecule has 10 heteroatoms. The van der Waals surface area contributed by atoms with Crippen LogP contribution in [0, 0.1) is 0 Å². The molecule has 4 rings (SSSR count). The van der Waals surface area contributed by atoms with Crippen LogP contribution in [0.1, 0.15) is 0 Å². The molecule has 0 radical (unpaired) electrons. The zero-order valence-corrected chi connectivity index (χ0v) is 12.5. The van der Waals surface area contributed by atoms with E-state index in [1.807, 2.05) is 0 Å². The number of furan rings is 1. The third kappa shape index (κ3) is 1.55. The van der Waals surface area contributed by atoms with E-state index in [2.05, 4.69) is 0 Å². The lowest BCUT2D eigenvalue weighted by atomic mass is 10.0. The number of phenols is 9. The van der Waals surface area contributed by atoms with Crippen LogP contribution in [0.25, 0.3) is 32.7 Å². The van der Waals surface area contributed by atoms with Crippen LogP contribution in [0.3, 0.4) is 0 Å². The summed E-state index contributed by atoms with van der Waals surface area (Å²) in [4.78, 5) is 0. The smallest absolute Gasteiger partial charge is 0.205 e. The number of hydrogen-bond acceptors (Lipinski definition) is 10. The zero-order valence-electron chi connectivity index (χ0n) is 12.5. The molecule has 0 spiro atoms. The molecule has 0 saturated heterocycles. The molecule has 3 aromatic carbocycles. The molecule has 0 amide bonds. The number of fused-ring (bicyclic) bond motifs is 4. The first kappa shape index (κ1) is 15.4. The van der Waals surface area contributed by atoms with Gasteiger partial charge in [0.2, 0.25) is 23.0 Å². The average molecular weight is 362 g/mol. The third-order valence-electron chi connectivity index (χ3n) is 4.23. The van der Waals surface area contributed by atoms with E-state index >= 15 is 0 Å². The molecule has 4 aromatic rings. The van der Waals surface area contributed by atoms with Crippen molar-refractivity contribution in [2.75, 3.05) is 0 Å². The highest BCUT2D eigenvalue weighted by molar-refractivity contribution is 6.22. The Hall–Kier alpha value is -4.08. The minimum Gasteiger partial charge on any atom is -0.506 e. The first-order valence-electron chi connectivity index (χ1n) is 7.00. The van der Waals surface area contributed by atoms with E-state index in [-0.39, 0.29) is 10.8 Å². The Morgan fingerprint density at radius 1 is 0.462 bits per heavy atom. The molecule has 1 heterocycles. The van der Waals surface area contributed by atoms with Gasteiger partial charge in [0.25, 0.3) is 0 Å². The lowest BCUT2D eigenvalue weighted by Crippen LogP contribution is -1.83. The number of phenolic OH excluding ortho intramolecular Hbond substituents is 9. The summed E-state index contributed by atoms with van der Waals surface area (Å²) in [6.45, 7) is 0. The van der Waals surface area contributed by atoms with Crippen molar-refractivity contribution < 1.29 is 50.4 Å². The maximum atomic E-state index is 10.5. The molecular weight excluding hydrogens is 352 g/mol. The number of rotatable bonds is 0. The predicted octanol–water partition coefficient (Wildman–Crippen LogP) is 2.09. The molecule has 0 aliphatic carbocycles. The fourth-order valence-electron chi connectivity index (χ4n) is 2.99. The van der Waals surface area contributed by atoms with Crippen LogP contribution >= 0.6 is 0 Å². The van der Waals surface area contributed by atoms with Crippen molar-refractivity contribution in [3.05, 3.63) is 6.07 Å². The molecule has 0 fully saturated rings. The fraction of sp³-hybridized carbons (Fsp3) is 0. The summed E-state index contributed by atoms with van der Waals surface area (Å²) in [6.07, 6.45) is 0. The molecule has 9 N–H and O–H groups in total. The Bertz CT molecular complexity index is 1270. The van der Waals surface area contributed by atoms with Gasteiger partial charge in [0.1, 0.15) is 5.75 Å². The summed E-state index contributed by atoms with van der Waals surface area (Å²) in [6, 6.07) is 0.929. The van der Waals surface area contributed by atoms with E-state index in [9.17, 15) is 46.0 Å². The Morgan fingerprint density at radius 3 is 1.58 bits per heavy atom. The highest BCUT2D eigenvalue weighted by Gasteiger charge is 2.30. The van der Waals surface area contributed by atoms with E-state index in [0.717, 1.165) is 6.07 Å². The second-order valence-electron chi connectivity index (χ2n) is 5.62. The van der Waals surface area contributed by atoms with Crippen LogP contribution < -0.4 is 0 Å². The van der Waals surface area contributed by atoms with Crippen molar-refractivity contribution in [3.8, 4) is 51.7 Å². The van der Waals surface area contributed by atoms with E-state index < -0.39 is 73.7 Å². The van der Waals surface area contributed by atoms with Crippen LogP contribution in [-0.2, 0) is 0 Å². The van der Waals surface area contributed by atoms with Crippen molar-refractivity contribution in [3.63, 3.8) is 0 Å². The topological polar surface area (TPSA) is 195 Å².